The van der Waals surface area contributed by atoms with Crippen molar-refractivity contribution < 1.29 is 8.42 Å². The van der Waals surface area contributed by atoms with Gasteiger partial charge in [0.15, 0.2) is 0 Å². The van der Waals surface area contributed by atoms with Crippen molar-refractivity contribution in [2.24, 2.45) is 0 Å². The fourth-order valence-corrected chi connectivity index (χ4v) is 4.32. The first-order chi connectivity index (χ1) is 9.31. The zero-order valence-electron chi connectivity index (χ0n) is 10.9. The van der Waals surface area contributed by atoms with E-state index < -0.39 is 10.0 Å². The summed E-state index contributed by atoms with van der Waals surface area (Å²) in [5.74, 6) is 0. The summed E-state index contributed by atoms with van der Waals surface area (Å²) in [6.07, 6.45) is 1.61. The van der Waals surface area contributed by atoms with E-state index in [-0.39, 0.29) is 11.4 Å². The van der Waals surface area contributed by atoms with Crippen LogP contribution in [0.1, 0.15) is 16.8 Å². The number of benzene rings is 1. The molecule has 0 saturated carbocycles. The molecule has 0 radical (unpaired) electrons. The number of hydrogen-bond donors (Lipinski definition) is 2. The number of hydrogen-bond acceptors (Lipinski definition) is 3. The minimum absolute atomic E-state index is 0.197. The molecule has 5 nitrogen and oxygen atoms in total. The van der Waals surface area contributed by atoms with Gasteiger partial charge in [-0.25, -0.2) is 13.1 Å². The van der Waals surface area contributed by atoms with E-state index in [2.05, 4.69) is 46.8 Å². The zero-order chi connectivity index (χ0) is 14.9. The molecule has 0 unspecified atom stereocenters. The molecular weight excluding hydrogens is 410 g/mol. The number of halogens is 2. The number of aryl methyl sites for hydroxylation is 2. The van der Waals surface area contributed by atoms with E-state index in [0.29, 0.717) is 4.47 Å². The van der Waals surface area contributed by atoms with Gasteiger partial charge >= 0.3 is 0 Å². The molecule has 1 heterocycles. The highest BCUT2D eigenvalue weighted by Crippen LogP contribution is 2.28. The standard InChI is InChI=1S/C12H13Br2N3O2S/c1-7-3-11(14)12(4-10(7)13)20(18,19)16-6-9-5-15-17-8(9)2/h3-5,16H,6H2,1-2H3,(H,15,17). The molecule has 0 aliphatic rings. The Bertz CT molecular complexity index is 741. The van der Waals surface area contributed by atoms with Crippen molar-refractivity contribution >= 4 is 41.9 Å². The summed E-state index contributed by atoms with van der Waals surface area (Å²) in [4.78, 5) is 0.205. The third-order valence-corrected chi connectivity index (χ3v) is 6.10. The van der Waals surface area contributed by atoms with Crippen LogP contribution in [0.4, 0.5) is 0 Å². The summed E-state index contributed by atoms with van der Waals surface area (Å²) < 4.78 is 28.5. The van der Waals surface area contributed by atoms with Crippen LogP contribution in [0.2, 0.25) is 0 Å². The molecule has 0 bridgehead atoms. The maximum Gasteiger partial charge on any atom is 0.242 e. The number of aromatic nitrogens is 2. The number of sulfonamides is 1. The summed E-state index contributed by atoms with van der Waals surface area (Å²) in [5, 5.41) is 6.63. The van der Waals surface area contributed by atoms with Crippen LogP contribution in [0.3, 0.4) is 0 Å². The Labute approximate surface area is 134 Å². The second-order valence-electron chi connectivity index (χ2n) is 4.38. The van der Waals surface area contributed by atoms with Crippen molar-refractivity contribution in [3.63, 3.8) is 0 Å². The van der Waals surface area contributed by atoms with E-state index in [4.69, 9.17) is 0 Å². The molecule has 0 atom stereocenters. The summed E-state index contributed by atoms with van der Waals surface area (Å²) in [6, 6.07) is 3.35. The number of H-pyrrole nitrogens is 1. The highest BCUT2D eigenvalue weighted by Gasteiger charge is 2.19. The molecule has 0 saturated heterocycles. The van der Waals surface area contributed by atoms with Crippen LogP contribution in [0.5, 0.6) is 0 Å². The normalized spacial score (nSPS) is 11.8. The number of nitrogens with one attached hydrogen (secondary N) is 2. The van der Waals surface area contributed by atoms with Gasteiger partial charge in [0, 0.05) is 26.7 Å². The summed E-state index contributed by atoms with van der Waals surface area (Å²) >= 11 is 6.64. The van der Waals surface area contributed by atoms with Gasteiger partial charge in [0.25, 0.3) is 0 Å². The molecule has 2 N–H and O–H groups in total. The SMILES string of the molecule is Cc1cc(Br)c(S(=O)(=O)NCc2cn[nH]c2C)cc1Br. The molecule has 20 heavy (non-hydrogen) atoms. The molecule has 0 amide bonds. The highest BCUT2D eigenvalue weighted by molar-refractivity contribution is 9.11. The molecule has 1 aromatic carbocycles. The first-order valence-electron chi connectivity index (χ1n) is 5.75. The van der Waals surface area contributed by atoms with E-state index in [0.717, 1.165) is 21.3 Å². The van der Waals surface area contributed by atoms with E-state index in [9.17, 15) is 8.42 Å². The van der Waals surface area contributed by atoms with Gasteiger partial charge in [0.05, 0.1) is 11.1 Å². The van der Waals surface area contributed by atoms with Crippen molar-refractivity contribution in [2.45, 2.75) is 25.3 Å². The molecule has 8 heteroatoms. The Balaban J connectivity index is 2.27. The zero-order valence-corrected chi connectivity index (χ0v) is 14.9. The molecule has 0 fully saturated rings. The van der Waals surface area contributed by atoms with Crippen LogP contribution in [0.25, 0.3) is 0 Å². The summed E-state index contributed by atoms with van der Waals surface area (Å²) in [7, 11) is -3.59. The molecular formula is C12H13Br2N3O2S. The Morgan fingerprint density at radius 2 is 1.95 bits per heavy atom. The van der Waals surface area contributed by atoms with Crippen molar-refractivity contribution in [3.8, 4) is 0 Å². The minimum Gasteiger partial charge on any atom is -0.283 e. The predicted octanol–water partition coefficient (Wildman–Crippen LogP) is 3.03. The van der Waals surface area contributed by atoms with Gasteiger partial charge in [-0.15, -0.1) is 0 Å². The van der Waals surface area contributed by atoms with E-state index in [1.54, 1.807) is 18.3 Å². The highest BCUT2D eigenvalue weighted by atomic mass is 79.9. The van der Waals surface area contributed by atoms with Gasteiger partial charge < -0.3 is 0 Å². The lowest BCUT2D eigenvalue weighted by atomic mass is 10.2. The van der Waals surface area contributed by atoms with E-state index in [1.165, 1.54) is 0 Å². The fraction of sp³-hybridized carbons (Fsp3) is 0.250. The van der Waals surface area contributed by atoms with Crippen LogP contribution in [0.15, 0.2) is 32.2 Å². The van der Waals surface area contributed by atoms with Crippen LogP contribution < -0.4 is 4.72 Å². The van der Waals surface area contributed by atoms with Gasteiger partial charge in [-0.2, -0.15) is 5.10 Å². The Kier molecular flexibility index (Phi) is 4.68. The van der Waals surface area contributed by atoms with Gasteiger partial charge in [-0.3, -0.25) is 5.10 Å². The third kappa shape index (κ3) is 3.30. The molecule has 0 aliphatic heterocycles. The van der Waals surface area contributed by atoms with Crippen molar-refractivity contribution in [1.82, 2.24) is 14.9 Å². The summed E-state index contributed by atoms with van der Waals surface area (Å²) in [5.41, 5.74) is 2.62. The Hall–Kier alpha value is -0.700. The van der Waals surface area contributed by atoms with Crippen LogP contribution >= 0.6 is 31.9 Å². The molecule has 1 aromatic heterocycles. The maximum absolute atomic E-state index is 12.3. The molecule has 2 aromatic rings. The first-order valence-corrected chi connectivity index (χ1v) is 8.82. The van der Waals surface area contributed by atoms with Gasteiger partial charge in [-0.1, -0.05) is 15.9 Å². The molecule has 0 spiro atoms. The largest absolute Gasteiger partial charge is 0.283 e. The molecule has 108 valence electrons. The minimum atomic E-state index is -3.59. The second kappa shape index (κ2) is 5.97. The van der Waals surface area contributed by atoms with Gasteiger partial charge in [0.2, 0.25) is 10.0 Å². The second-order valence-corrected chi connectivity index (χ2v) is 7.82. The number of nitrogens with zero attached hydrogens (tertiary/aromatic N) is 1. The van der Waals surface area contributed by atoms with E-state index in [1.807, 2.05) is 13.8 Å². The van der Waals surface area contributed by atoms with E-state index >= 15 is 0 Å². The average Bonchev–Trinajstić information content (AvgIpc) is 2.77. The number of aromatic amines is 1. The number of rotatable bonds is 4. The molecule has 2 rings (SSSR count). The predicted molar refractivity (Wildman–Crippen MR) is 83.9 cm³/mol. The fourth-order valence-electron chi connectivity index (χ4n) is 1.64. The lowest BCUT2D eigenvalue weighted by Gasteiger charge is -2.10. The third-order valence-electron chi connectivity index (χ3n) is 2.89. The lowest BCUT2D eigenvalue weighted by molar-refractivity contribution is 0.580. The lowest BCUT2D eigenvalue weighted by Crippen LogP contribution is -2.23. The van der Waals surface area contributed by atoms with Gasteiger partial charge in [0.1, 0.15) is 0 Å². The smallest absolute Gasteiger partial charge is 0.242 e. The molecule has 0 aliphatic carbocycles. The van der Waals surface area contributed by atoms with Crippen molar-refractivity contribution in [3.05, 3.63) is 44.1 Å². The van der Waals surface area contributed by atoms with Crippen LogP contribution in [-0.4, -0.2) is 18.6 Å². The van der Waals surface area contributed by atoms with Crippen molar-refractivity contribution in [2.75, 3.05) is 0 Å². The Morgan fingerprint density at radius 1 is 1.25 bits per heavy atom. The van der Waals surface area contributed by atoms with Crippen molar-refractivity contribution in [1.29, 1.82) is 0 Å². The first kappa shape index (κ1) is 15.7. The van der Waals surface area contributed by atoms with Crippen LogP contribution in [-0.2, 0) is 16.6 Å². The monoisotopic (exact) mass is 421 g/mol. The quantitative estimate of drug-likeness (QED) is 0.794. The van der Waals surface area contributed by atoms with Gasteiger partial charge in [-0.05, 0) is 47.5 Å². The summed E-state index contributed by atoms with van der Waals surface area (Å²) in [6.45, 7) is 3.94. The maximum atomic E-state index is 12.3. The van der Waals surface area contributed by atoms with Crippen LogP contribution in [0, 0.1) is 13.8 Å². The Morgan fingerprint density at radius 3 is 2.55 bits per heavy atom. The topological polar surface area (TPSA) is 74.8 Å². The average molecular weight is 423 g/mol.